The van der Waals surface area contributed by atoms with Gasteiger partial charge in [-0.1, -0.05) is 54.6 Å². The molecule has 0 N–H and O–H groups in total. The summed E-state index contributed by atoms with van der Waals surface area (Å²) in [6.45, 7) is 1.59. The van der Waals surface area contributed by atoms with Crippen LogP contribution in [-0.2, 0) is 4.79 Å². The minimum Gasteiger partial charge on any atom is -0.295 e. The van der Waals surface area contributed by atoms with Gasteiger partial charge in [0.05, 0.1) is 0 Å². The molecule has 0 amide bonds. The van der Waals surface area contributed by atoms with Crippen molar-refractivity contribution in [3.8, 4) is 0 Å². The molecule has 3 aliphatic carbocycles. The van der Waals surface area contributed by atoms with Crippen LogP contribution in [0, 0.1) is 23.7 Å². The maximum Gasteiger partial charge on any atom is 0.167 e. The van der Waals surface area contributed by atoms with E-state index in [9.17, 15) is 9.59 Å². The van der Waals surface area contributed by atoms with Gasteiger partial charge in [-0.25, -0.2) is 0 Å². The minimum atomic E-state index is 0.0779. The highest BCUT2D eigenvalue weighted by molar-refractivity contribution is 6.32. The van der Waals surface area contributed by atoms with E-state index in [0.717, 1.165) is 22.3 Å². The molecular formula is C24H22O2. The SMILES string of the molecule is CC(=O)c1ccc(C2=C(c3ccccc3)C(=O)[C@@H]3[C@H]4CC[C@H](C4)[C@H]23)cc1. The lowest BCUT2D eigenvalue weighted by Gasteiger charge is -2.26. The number of hydrogen-bond donors (Lipinski definition) is 0. The van der Waals surface area contributed by atoms with Crippen LogP contribution in [0.4, 0.5) is 0 Å². The van der Waals surface area contributed by atoms with Crippen molar-refractivity contribution in [2.75, 3.05) is 0 Å². The normalized spacial score (nSPS) is 29.3. The maximum absolute atomic E-state index is 13.4. The lowest BCUT2D eigenvalue weighted by atomic mass is 9.77. The van der Waals surface area contributed by atoms with Crippen molar-refractivity contribution in [3.63, 3.8) is 0 Å². The summed E-state index contributed by atoms with van der Waals surface area (Å²) < 4.78 is 0. The van der Waals surface area contributed by atoms with Crippen LogP contribution in [0.25, 0.3) is 11.1 Å². The molecule has 26 heavy (non-hydrogen) atoms. The zero-order valence-electron chi connectivity index (χ0n) is 14.9. The first-order valence-electron chi connectivity index (χ1n) is 9.60. The molecule has 2 nitrogen and oxygen atoms in total. The molecule has 4 atom stereocenters. The molecule has 0 radical (unpaired) electrons. The standard InChI is InChI=1S/C24H22O2/c1-14(25)15-7-9-17(10-8-15)20-21-18-11-12-19(13-18)23(21)24(26)22(20)16-5-3-2-4-6-16/h2-10,18-19,21,23H,11-13H2,1H3/t18-,19+,21-,23-/m1/s1. The van der Waals surface area contributed by atoms with Gasteiger partial charge < -0.3 is 0 Å². The minimum absolute atomic E-state index is 0.0779. The third kappa shape index (κ3) is 2.18. The van der Waals surface area contributed by atoms with Gasteiger partial charge in [0.2, 0.25) is 0 Å². The molecule has 3 aliphatic rings. The Hall–Kier alpha value is -2.48. The van der Waals surface area contributed by atoms with Crippen LogP contribution in [0.3, 0.4) is 0 Å². The average molecular weight is 342 g/mol. The summed E-state index contributed by atoms with van der Waals surface area (Å²) in [5, 5.41) is 0. The largest absolute Gasteiger partial charge is 0.295 e. The number of carbonyl (C=O) groups excluding carboxylic acids is 2. The third-order valence-electron chi connectivity index (χ3n) is 6.73. The first-order valence-corrected chi connectivity index (χ1v) is 9.60. The van der Waals surface area contributed by atoms with Crippen LogP contribution in [0.15, 0.2) is 54.6 Å². The molecule has 130 valence electrons. The Bertz CT molecular complexity index is 920. The second-order valence-corrected chi connectivity index (χ2v) is 8.04. The highest BCUT2D eigenvalue weighted by atomic mass is 16.1. The predicted molar refractivity (Wildman–Crippen MR) is 103 cm³/mol. The number of allylic oxidation sites excluding steroid dienone is 2. The third-order valence-corrected chi connectivity index (χ3v) is 6.73. The van der Waals surface area contributed by atoms with E-state index < -0.39 is 0 Å². The second kappa shape index (κ2) is 5.77. The summed E-state index contributed by atoms with van der Waals surface area (Å²) in [5.41, 5.74) is 5.03. The van der Waals surface area contributed by atoms with Gasteiger partial charge in [0, 0.05) is 17.1 Å². The second-order valence-electron chi connectivity index (χ2n) is 8.04. The molecule has 0 heterocycles. The quantitative estimate of drug-likeness (QED) is 0.732. The predicted octanol–water partition coefficient (Wildman–Crippen LogP) is 5.05. The van der Waals surface area contributed by atoms with Crippen LogP contribution >= 0.6 is 0 Å². The zero-order chi connectivity index (χ0) is 17.8. The first-order chi connectivity index (χ1) is 12.6. The Morgan fingerprint density at radius 1 is 0.846 bits per heavy atom. The van der Waals surface area contributed by atoms with Crippen molar-refractivity contribution < 1.29 is 9.59 Å². The molecule has 2 heteroatoms. The van der Waals surface area contributed by atoms with Crippen LogP contribution in [-0.4, -0.2) is 11.6 Å². The number of hydrogen-bond acceptors (Lipinski definition) is 2. The summed E-state index contributed by atoms with van der Waals surface area (Å²) in [6.07, 6.45) is 3.66. The van der Waals surface area contributed by atoms with E-state index in [2.05, 4.69) is 12.1 Å². The molecule has 0 saturated heterocycles. The molecule has 0 unspecified atom stereocenters. The van der Waals surface area contributed by atoms with Crippen molar-refractivity contribution in [2.24, 2.45) is 23.7 Å². The number of benzene rings is 2. The van der Waals surface area contributed by atoms with Crippen molar-refractivity contribution >= 4 is 22.7 Å². The maximum atomic E-state index is 13.4. The summed E-state index contributed by atoms with van der Waals surface area (Å²) in [6, 6.07) is 18.0. The lowest BCUT2D eigenvalue weighted by Crippen LogP contribution is -2.24. The van der Waals surface area contributed by atoms with E-state index >= 15 is 0 Å². The fourth-order valence-corrected chi connectivity index (χ4v) is 5.67. The monoisotopic (exact) mass is 342 g/mol. The van der Waals surface area contributed by atoms with Gasteiger partial charge >= 0.3 is 0 Å². The molecule has 2 aromatic carbocycles. The summed E-state index contributed by atoms with van der Waals surface area (Å²) in [7, 11) is 0. The Morgan fingerprint density at radius 2 is 1.50 bits per heavy atom. The summed E-state index contributed by atoms with van der Waals surface area (Å²) in [4.78, 5) is 25.1. The van der Waals surface area contributed by atoms with Gasteiger partial charge in [0.1, 0.15) is 0 Å². The van der Waals surface area contributed by atoms with Crippen molar-refractivity contribution in [1.29, 1.82) is 0 Å². The van der Waals surface area contributed by atoms with Crippen LogP contribution in [0.2, 0.25) is 0 Å². The Labute approximate surface area is 153 Å². The van der Waals surface area contributed by atoms with Crippen LogP contribution in [0.5, 0.6) is 0 Å². The molecule has 2 bridgehead atoms. The van der Waals surface area contributed by atoms with Gasteiger partial charge in [-0.05, 0) is 60.6 Å². The first kappa shape index (κ1) is 15.7. The fraction of sp³-hybridized carbons (Fsp3) is 0.333. The molecule has 5 rings (SSSR count). The molecule has 0 aromatic heterocycles. The van der Waals surface area contributed by atoms with Gasteiger partial charge in [-0.2, -0.15) is 0 Å². The number of fused-ring (bicyclic) bond motifs is 5. The Morgan fingerprint density at radius 3 is 2.15 bits per heavy atom. The summed E-state index contributed by atoms with van der Waals surface area (Å²) >= 11 is 0. The highest BCUT2D eigenvalue weighted by Crippen LogP contribution is 2.62. The average Bonchev–Trinajstić information content (AvgIpc) is 3.35. The van der Waals surface area contributed by atoms with Gasteiger partial charge in [-0.15, -0.1) is 0 Å². The van der Waals surface area contributed by atoms with E-state index in [1.165, 1.54) is 24.8 Å². The van der Waals surface area contributed by atoms with Gasteiger partial charge in [0.15, 0.2) is 11.6 Å². The van der Waals surface area contributed by atoms with E-state index in [-0.39, 0.29) is 11.7 Å². The fourth-order valence-electron chi connectivity index (χ4n) is 5.67. The van der Waals surface area contributed by atoms with E-state index in [4.69, 9.17) is 0 Å². The zero-order valence-corrected chi connectivity index (χ0v) is 14.9. The lowest BCUT2D eigenvalue weighted by molar-refractivity contribution is -0.118. The van der Waals surface area contributed by atoms with Gasteiger partial charge in [0.25, 0.3) is 0 Å². The van der Waals surface area contributed by atoms with Crippen LogP contribution < -0.4 is 0 Å². The van der Waals surface area contributed by atoms with Crippen molar-refractivity contribution in [2.45, 2.75) is 26.2 Å². The Balaban J connectivity index is 1.69. The molecule has 2 aromatic rings. The number of carbonyl (C=O) groups is 2. The molecule has 2 saturated carbocycles. The topological polar surface area (TPSA) is 34.1 Å². The van der Waals surface area contributed by atoms with Crippen molar-refractivity contribution in [3.05, 3.63) is 71.3 Å². The van der Waals surface area contributed by atoms with Gasteiger partial charge in [-0.3, -0.25) is 9.59 Å². The summed E-state index contributed by atoms with van der Waals surface area (Å²) in [5.74, 6) is 2.15. The number of Topliss-reactive ketones (excluding diaryl/α,β-unsaturated/α-hetero) is 2. The van der Waals surface area contributed by atoms with Crippen molar-refractivity contribution in [1.82, 2.24) is 0 Å². The smallest absolute Gasteiger partial charge is 0.167 e. The highest BCUT2D eigenvalue weighted by Gasteiger charge is 2.57. The van der Waals surface area contributed by atoms with E-state index in [0.29, 0.717) is 23.5 Å². The number of rotatable bonds is 3. The Kier molecular flexibility index (Phi) is 3.49. The van der Waals surface area contributed by atoms with E-state index in [1.807, 2.05) is 42.5 Å². The van der Waals surface area contributed by atoms with E-state index in [1.54, 1.807) is 6.92 Å². The molecule has 0 aliphatic heterocycles. The number of ketones is 2. The van der Waals surface area contributed by atoms with Crippen LogP contribution in [0.1, 0.15) is 47.7 Å². The molecule has 2 fully saturated rings. The molecular weight excluding hydrogens is 320 g/mol. The molecule has 0 spiro atoms.